The van der Waals surface area contributed by atoms with Crippen LogP contribution in [0.1, 0.15) is 15.3 Å². The minimum Gasteiger partial charge on any atom is -0.207 e. The first-order valence-electron chi connectivity index (χ1n) is 5.69. The Bertz CT molecular complexity index is 692. The van der Waals surface area contributed by atoms with E-state index in [-0.39, 0.29) is 4.90 Å². The van der Waals surface area contributed by atoms with Gasteiger partial charge in [0.1, 0.15) is 0 Å². The fourth-order valence-corrected chi connectivity index (χ4v) is 4.77. The maximum Gasteiger partial charge on any atom is 0.242 e. The van der Waals surface area contributed by atoms with Gasteiger partial charge in [-0.2, -0.15) is 0 Å². The van der Waals surface area contributed by atoms with Gasteiger partial charge >= 0.3 is 0 Å². The molecule has 0 aliphatic rings. The zero-order chi connectivity index (χ0) is 14.0. The molecule has 0 fully saturated rings. The first-order valence-corrected chi connectivity index (χ1v) is 8.79. The van der Waals surface area contributed by atoms with Crippen molar-refractivity contribution in [3.8, 4) is 0 Å². The molecule has 2 aromatic rings. The topological polar surface area (TPSA) is 46.2 Å². The smallest absolute Gasteiger partial charge is 0.207 e. The van der Waals surface area contributed by atoms with E-state index in [1.807, 2.05) is 26.0 Å². The maximum atomic E-state index is 12.2. The number of hydrogen-bond acceptors (Lipinski definition) is 3. The molecule has 0 spiro atoms. The van der Waals surface area contributed by atoms with E-state index in [0.717, 1.165) is 10.4 Å². The molecule has 19 heavy (non-hydrogen) atoms. The molecule has 0 amide bonds. The highest BCUT2D eigenvalue weighted by Crippen LogP contribution is 2.23. The number of hydrogen-bond donors (Lipinski definition) is 1. The van der Waals surface area contributed by atoms with E-state index in [9.17, 15) is 8.42 Å². The molecule has 1 heterocycles. The lowest BCUT2D eigenvalue weighted by Gasteiger charge is -2.08. The lowest BCUT2D eigenvalue weighted by Crippen LogP contribution is -2.23. The van der Waals surface area contributed by atoms with Crippen molar-refractivity contribution in [1.29, 1.82) is 0 Å². The molecule has 0 saturated carbocycles. The Labute approximate surface area is 125 Å². The molecular weight excluding hydrogens is 346 g/mol. The molecular formula is C13H14BrNO2S2. The van der Waals surface area contributed by atoms with E-state index in [1.165, 1.54) is 4.88 Å². The minimum absolute atomic E-state index is 0.270. The van der Waals surface area contributed by atoms with Gasteiger partial charge in [-0.3, -0.25) is 0 Å². The van der Waals surface area contributed by atoms with Crippen LogP contribution < -0.4 is 4.72 Å². The quantitative estimate of drug-likeness (QED) is 0.906. The van der Waals surface area contributed by atoms with Crippen LogP contribution in [-0.4, -0.2) is 8.42 Å². The Morgan fingerprint density at radius 3 is 2.53 bits per heavy atom. The molecule has 0 radical (unpaired) electrons. The first kappa shape index (κ1) is 14.7. The van der Waals surface area contributed by atoms with Gasteiger partial charge in [0, 0.05) is 20.8 Å². The molecule has 0 unspecified atom stereocenters. The summed E-state index contributed by atoms with van der Waals surface area (Å²) in [6.45, 7) is 4.24. The van der Waals surface area contributed by atoms with Crippen molar-refractivity contribution in [3.63, 3.8) is 0 Å². The van der Waals surface area contributed by atoms with Gasteiger partial charge in [-0.1, -0.05) is 6.07 Å². The number of nitrogens with one attached hydrogen (secondary N) is 1. The van der Waals surface area contributed by atoms with E-state index < -0.39 is 10.0 Å². The maximum absolute atomic E-state index is 12.2. The second-order valence-electron chi connectivity index (χ2n) is 4.27. The molecule has 0 aliphatic heterocycles. The number of halogens is 1. The van der Waals surface area contributed by atoms with Gasteiger partial charge in [-0.25, -0.2) is 13.1 Å². The highest BCUT2D eigenvalue weighted by molar-refractivity contribution is 9.10. The van der Waals surface area contributed by atoms with Crippen LogP contribution in [-0.2, 0) is 16.6 Å². The molecule has 1 aromatic heterocycles. The highest BCUT2D eigenvalue weighted by Gasteiger charge is 2.17. The van der Waals surface area contributed by atoms with Crippen LogP contribution in [0.4, 0.5) is 0 Å². The fourth-order valence-electron chi connectivity index (χ4n) is 1.65. The van der Waals surface area contributed by atoms with E-state index in [2.05, 4.69) is 20.7 Å². The van der Waals surface area contributed by atoms with Crippen LogP contribution in [0.15, 0.2) is 39.7 Å². The summed E-state index contributed by atoms with van der Waals surface area (Å²) < 4.78 is 27.6. The van der Waals surface area contributed by atoms with Crippen molar-refractivity contribution >= 4 is 37.3 Å². The standard InChI is InChI=1S/C13H14BrNO2S2/c1-9-3-6-13(12(14)7-9)19(16,17)15-8-11-5-4-10(2)18-11/h3-7,15H,8H2,1-2H3. The van der Waals surface area contributed by atoms with E-state index in [1.54, 1.807) is 29.5 Å². The van der Waals surface area contributed by atoms with Gasteiger partial charge in [-0.15, -0.1) is 11.3 Å². The molecule has 0 bridgehead atoms. The average molecular weight is 360 g/mol. The zero-order valence-corrected chi connectivity index (χ0v) is 13.8. The second kappa shape index (κ2) is 5.75. The number of sulfonamides is 1. The third kappa shape index (κ3) is 3.66. The summed E-state index contributed by atoms with van der Waals surface area (Å²) in [5.74, 6) is 0. The van der Waals surface area contributed by atoms with Crippen LogP contribution >= 0.6 is 27.3 Å². The zero-order valence-electron chi connectivity index (χ0n) is 10.6. The second-order valence-corrected chi connectivity index (χ2v) is 8.23. The number of benzene rings is 1. The van der Waals surface area contributed by atoms with Gasteiger partial charge < -0.3 is 0 Å². The van der Waals surface area contributed by atoms with E-state index in [4.69, 9.17) is 0 Å². The summed E-state index contributed by atoms with van der Waals surface area (Å²) in [5.41, 5.74) is 1.01. The van der Waals surface area contributed by atoms with Crippen LogP contribution in [0.2, 0.25) is 0 Å². The Balaban J connectivity index is 2.18. The number of thiophene rings is 1. The fraction of sp³-hybridized carbons (Fsp3) is 0.231. The SMILES string of the molecule is Cc1ccc(S(=O)(=O)NCc2ccc(C)s2)c(Br)c1. The van der Waals surface area contributed by atoms with Gasteiger partial charge in [0.2, 0.25) is 10.0 Å². The highest BCUT2D eigenvalue weighted by atomic mass is 79.9. The van der Waals surface area contributed by atoms with Crippen LogP contribution in [0.25, 0.3) is 0 Å². The molecule has 0 atom stereocenters. The van der Waals surface area contributed by atoms with Crippen molar-refractivity contribution in [2.24, 2.45) is 0 Å². The molecule has 6 heteroatoms. The number of aryl methyl sites for hydroxylation is 2. The van der Waals surface area contributed by atoms with E-state index in [0.29, 0.717) is 11.0 Å². The predicted molar refractivity (Wildman–Crippen MR) is 82.0 cm³/mol. The molecule has 1 N–H and O–H groups in total. The predicted octanol–water partition coefficient (Wildman–Crippen LogP) is 3.61. The van der Waals surface area contributed by atoms with Crippen molar-refractivity contribution < 1.29 is 8.42 Å². The third-order valence-corrected chi connectivity index (χ3v) is 5.99. The summed E-state index contributed by atoms with van der Waals surface area (Å²) in [6.07, 6.45) is 0. The van der Waals surface area contributed by atoms with Gasteiger partial charge in [0.25, 0.3) is 0 Å². The molecule has 2 rings (SSSR count). The van der Waals surface area contributed by atoms with Gasteiger partial charge in [0.05, 0.1) is 4.90 Å². The number of rotatable bonds is 4. The van der Waals surface area contributed by atoms with Crippen molar-refractivity contribution in [2.45, 2.75) is 25.3 Å². The lowest BCUT2D eigenvalue weighted by atomic mass is 10.2. The Morgan fingerprint density at radius 1 is 1.21 bits per heavy atom. The van der Waals surface area contributed by atoms with Crippen LogP contribution in [0.5, 0.6) is 0 Å². The van der Waals surface area contributed by atoms with Crippen LogP contribution in [0.3, 0.4) is 0 Å². The van der Waals surface area contributed by atoms with Crippen molar-refractivity contribution in [1.82, 2.24) is 4.72 Å². The molecule has 1 aromatic carbocycles. The monoisotopic (exact) mass is 359 g/mol. The molecule has 3 nitrogen and oxygen atoms in total. The third-order valence-electron chi connectivity index (χ3n) is 2.61. The van der Waals surface area contributed by atoms with Gasteiger partial charge in [-0.05, 0) is 59.6 Å². The summed E-state index contributed by atoms with van der Waals surface area (Å²) >= 11 is 4.89. The normalized spacial score (nSPS) is 11.7. The van der Waals surface area contributed by atoms with Crippen LogP contribution in [0, 0.1) is 13.8 Å². The Kier molecular flexibility index (Phi) is 4.45. The summed E-state index contributed by atoms with van der Waals surface area (Å²) in [7, 11) is -3.49. The lowest BCUT2D eigenvalue weighted by molar-refractivity contribution is 0.581. The average Bonchev–Trinajstić information content (AvgIpc) is 2.72. The van der Waals surface area contributed by atoms with Crippen molar-refractivity contribution in [3.05, 3.63) is 50.1 Å². The Hall–Kier alpha value is -0.690. The molecule has 0 saturated heterocycles. The summed E-state index contributed by atoms with van der Waals surface area (Å²) in [6, 6.07) is 9.11. The largest absolute Gasteiger partial charge is 0.242 e. The summed E-state index contributed by atoms with van der Waals surface area (Å²) in [4.78, 5) is 2.45. The van der Waals surface area contributed by atoms with Crippen molar-refractivity contribution in [2.75, 3.05) is 0 Å². The first-order chi connectivity index (χ1) is 8.88. The minimum atomic E-state index is -3.49. The van der Waals surface area contributed by atoms with Gasteiger partial charge in [0.15, 0.2) is 0 Å². The summed E-state index contributed by atoms with van der Waals surface area (Å²) in [5, 5.41) is 0. The Morgan fingerprint density at radius 2 is 1.95 bits per heavy atom. The molecule has 0 aliphatic carbocycles. The van der Waals surface area contributed by atoms with E-state index >= 15 is 0 Å². The molecule has 102 valence electrons.